The van der Waals surface area contributed by atoms with Crippen molar-refractivity contribution in [3.05, 3.63) is 35.4 Å². The number of methoxy groups -OCH3 is 1. The Morgan fingerprint density at radius 1 is 1.35 bits per heavy atom. The lowest BCUT2D eigenvalue weighted by molar-refractivity contribution is -0.141. The van der Waals surface area contributed by atoms with Crippen LogP contribution in [-0.2, 0) is 16.1 Å². The fraction of sp³-hybridized carbons (Fsp3) is 0.429. The molecule has 2 unspecified atom stereocenters. The molecule has 2 atom stereocenters. The van der Waals surface area contributed by atoms with E-state index in [1.807, 2.05) is 0 Å². The van der Waals surface area contributed by atoms with Gasteiger partial charge in [-0.15, -0.1) is 0 Å². The SMILES string of the molecule is COC1CC(C(=O)O)N(C(=O)c2ccc(CO)cc2)C1. The molecule has 1 aromatic carbocycles. The topological polar surface area (TPSA) is 87.1 Å². The molecule has 0 aromatic heterocycles. The van der Waals surface area contributed by atoms with Gasteiger partial charge in [0.15, 0.2) is 0 Å². The van der Waals surface area contributed by atoms with Crippen LogP contribution in [0.1, 0.15) is 22.3 Å². The quantitative estimate of drug-likeness (QED) is 0.837. The van der Waals surface area contributed by atoms with E-state index in [2.05, 4.69) is 0 Å². The van der Waals surface area contributed by atoms with Crippen molar-refractivity contribution in [3.63, 3.8) is 0 Å². The highest BCUT2D eigenvalue weighted by Gasteiger charge is 2.40. The fourth-order valence-corrected chi connectivity index (χ4v) is 2.35. The van der Waals surface area contributed by atoms with Gasteiger partial charge in [0.1, 0.15) is 6.04 Å². The van der Waals surface area contributed by atoms with Gasteiger partial charge in [-0.25, -0.2) is 4.79 Å². The van der Waals surface area contributed by atoms with E-state index in [9.17, 15) is 14.7 Å². The van der Waals surface area contributed by atoms with E-state index in [0.29, 0.717) is 17.5 Å². The second-order valence-corrected chi connectivity index (χ2v) is 4.76. The number of amides is 1. The Bertz CT molecular complexity index is 499. The average Bonchev–Trinajstić information content (AvgIpc) is 2.91. The standard InChI is InChI=1S/C14H17NO5/c1-20-11-6-12(14(18)19)15(7-11)13(17)10-4-2-9(8-16)3-5-10/h2-5,11-12,16H,6-8H2,1H3,(H,18,19). The molecule has 1 aliphatic heterocycles. The van der Waals surface area contributed by atoms with Gasteiger partial charge in [-0.1, -0.05) is 12.1 Å². The number of likely N-dealkylation sites (tertiary alicyclic amines) is 1. The summed E-state index contributed by atoms with van der Waals surface area (Å²) in [6.07, 6.45) is 0.0449. The summed E-state index contributed by atoms with van der Waals surface area (Å²) in [4.78, 5) is 24.9. The number of aliphatic hydroxyl groups excluding tert-OH is 1. The van der Waals surface area contributed by atoms with Crippen molar-refractivity contribution in [1.82, 2.24) is 4.90 Å². The van der Waals surface area contributed by atoms with Gasteiger partial charge in [0.05, 0.1) is 12.7 Å². The molecule has 2 rings (SSSR count). The molecule has 20 heavy (non-hydrogen) atoms. The summed E-state index contributed by atoms with van der Waals surface area (Å²) in [5.74, 6) is -1.36. The van der Waals surface area contributed by atoms with Crippen LogP contribution in [0.15, 0.2) is 24.3 Å². The summed E-state index contributed by atoms with van der Waals surface area (Å²) in [6.45, 7) is 0.176. The van der Waals surface area contributed by atoms with E-state index in [4.69, 9.17) is 9.84 Å². The molecule has 1 saturated heterocycles. The normalized spacial score (nSPS) is 22.0. The minimum atomic E-state index is -1.02. The van der Waals surface area contributed by atoms with Gasteiger partial charge in [-0.2, -0.15) is 0 Å². The van der Waals surface area contributed by atoms with Crippen LogP contribution in [0.5, 0.6) is 0 Å². The van der Waals surface area contributed by atoms with E-state index in [0.717, 1.165) is 0 Å². The molecular formula is C14H17NO5. The van der Waals surface area contributed by atoms with Gasteiger partial charge in [-0.3, -0.25) is 4.79 Å². The average molecular weight is 279 g/mol. The number of aliphatic hydroxyl groups is 1. The highest BCUT2D eigenvalue weighted by Crippen LogP contribution is 2.22. The minimum Gasteiger partial charge on any atom is -0.480 e. The Labute approximate surface area is 116 Å². The Balaban J connectivity index is 2.19. The van der Waals surface area contributed by atoms with E-state index < -0.39 is 12.0 Å². The molecule has 0 aliphatic carbocycles. The van der Waals surface area contributed by atoms with Crippen molar-refractivity contribution in [2.24, 2.45) is 0 Å². The van der Waals surface area contributed by atoms with Crippen LogP contribution in [0.2, 0.25) is 0 Å². The third-order valence-corrected chi connectivity index (χ3v) is 3.53. The monoisotopic (exact) mass is 279 g/mol. The number of nitrogens with zero attached hydrogens (tertiary/aromatic N) is 1. The maximum absolute atomic E-state index is 12.4. The number of benzene rings is 1. The lowest BCUT2D eigenvalue weighted by atomic mass is 10.1. The molecule has 108 valence electrons. The van der Waals surface area contributed by atoms with Crippen molar-refractivity contribution in [2.75, 3.05) is 13.7 Å². The molecule has 1 amide bonds. The zero-order valence-electron chi connectivity index (χ0n) is 11.2. The zero-order chi connectivity index (χ0) is 14.7. The summed E-state index contributed by atoms with van der Waals surface area (Å²) in [5, 5.41) is 18.2. The summed E-state index contributed by atoms with van der Waals surface area (Å²) >= 11 is 0. The van der Waals surface area contributed by atoms with Crippen LogP contribution in [0.25, 0.3) is 0 Å². The lowest BCUT2D eigenvalue weighted by Gasteiger charge is -2.21. The first-order valence-corrected chi connectivity index (χ1v) is 6.33. The number of aliphatic carboxylic acids is 1. The Morgan fingerprint density at radius 2 is 2.00 bits per heavy atom. The van der Waals surface area contributed by atoms with Gasteiger partial charge in [-0.05, 0) is 17.7 Å². The van der Waals surface area contributed by atoms with Gasteiger partial charge in [0.25, 0.3) is 5.91 Å². The van der Waals surface area contributed by atoms with E-state index in [1.54, 1.807) is 24.3 Å². The Hall–Kier alpha value is -1.92. The number of rotatable bonds is 4. The van der Waals surface area contributed by atoms with Crippen LogP contribution < -0.4 is 0 Å². The predicted octanol–water partition coefficient (Wildman–Crippen LogP) is 0.493. The van der Waals surface area contributed by atoms with Crippen molar-refractivity contribution < 1.29 is 24.5 Å². The van der Waals surface area contributed by atoms with Crippen LogP contribution in [-0.4, -0.2) is 52.8 Å². The third kappa shape index (κ3) is 2.81. The van der Waals surface area contributed by atoms with Gasteiger partial charge >= 0.3 is 5.97 Å². The summed E-state index contributed by atoms with van der Waals surface area (Å²) < 4.78 is 5.15. The molecule has 6 heteroatoms. The lowest BCUT2D eigenvalue weighted by Crippen LogP contribution is -2.40. The van der Waals surface area contributed by atoms with Crippen LogP contribution in [0.3, 0.4) is 0 Å². The van der Waals surface area contributed by atoms with Crippen molar-refractivity contribution in [3.8, 4) is 0 Å². The molecule has 1 aromatic rings. The summed E-state index contributed by atoms with van der Waals surface area (Å²) in [7, 11) is 1.51. The molecule has 6 nitrogen and oxygen atoms in total. The fourth-order valence-electron chi connectivity index (χ4n) is 2.35. The first kappa shape index (κ1) is 14.5. The van der Waals surface area contributed by atoms with Gasteiger partial charge in [0, 0.05) is 25.6 Å². The summed E-state index contributed by atoms with van der Waals surface area (Å²) in [5.41, 5.74) is 1.11. The number of carboxylic acids is 1. The van der Waals surface area contributed by atoms with Crippen molar-refractivity contribution >= 4 is 11.9 Å². The molecule has 1 aliphatic rings. The molecule has 1 heterocycles. The summed E-state index contributed by atoms with van der Waals surface area (Å²) in [6, 6.07) is 5.62. The highest BCUT2D eigenvalue weighted by molar-refractivity contribution is 5.97. The number of carbonyl (C=O) groups is 2. The smallest absolute Gasteiger partial charge is 0.326 e. The second-order valence-electron chi connectivity index (χ2n) is 4.76. The maximum Gasteiger partial charge on any atom is 0.326 e. The molecular weight excluding hydrogens is 262 g/mol. The number of hydrogen-bond acceptors (Lipinski definition) is 4. The van der Waals surface area contributed by atoms with Crippen LogP contribution >= 0.6 is 0 Å². The number of ether oxygens (including phenoxy) is 1. The van der Waals surface area contributed by atoms with E-state index in [1.165, 1.54) is 12.0 Å². The number of carboxylic acid groups (broad SMARTS) is 1. The largest absolute Gasteiger partial charge is 0.480 e. The molecule has 0 bridgehead atoms. The van der Waals surface area contributed by atoms with E-state index in [-0.39, 0.29) is 25.2 Å². The number of hydrogen-bond donors (Lipinski definition) is 2. The molecule has 0 radical (unpaired) electrons. The minimum absolute atomic E-state index is 0.0956. The number of carbonyl (C=O) groups excluding carboxylic acids is 1. The van der Waals surface area contributed by atoms with Crippen molar-refractivity contribution in [1.29, 1.82) is 0 Å². The first-order valence-electron chi connectivity index (χ1n) is 6.33. The molecule has 0 spiro atoms. The highest BCUT2D eigenvalue weighted by atomic mass is 16.5. The van der Waals surface area contributed by atoms with Gasteiger partial charge < -0.3 is 19.8 Å². The molecule has 0 saturated carbocycles. The Morgan fingerprint density at radius 3 is 2.50 bits per heavy atom. The van der Waals surface area contributed by atoms with E-state index >= 15 is 0 Å². The van der Waals surface area contributed by atoms with Crippen molar-refractivity contribution in [2.45, 2.75) is 25.2 Å². The van der Waals surface area contributed by atoms with Crippen LogP contribution in [0, 0.1) is 0 Å². The maximum atomic E-state index is 12.4. The molecule has 1 fully saturated rings. The third-order valence-electron chi connectivity index (χ3n) is 3.53. The second kappa shape index (κ2) is 6.02. The Kier molecular flexibility index (Phi) is 4.36. The zero-order valence-corrected chi connectivity index (χ0v) is 11.2. The van der Waals surface area contributed by atoms with Crippen LogP contribution in [0.4, 0.5) is 0 Å². The first-order chi connectivity index (χ1) is 9.56. The predicted molar refractivity (Wildman–Crippen MR) is 70.2 cm³/mol. The van der Waals surface area contributed by atoms with Gasteiger partial charge in [0.2, 0.25) is 0 Å². The molecule has 2 N–H and O–H groups in total.